The number of carbonyl (C=O) groups is 2. The van der Waals surface area contributed by atoms with Crippen molar-refractivity contribution in [1.29, 1.82) is 0 Å². The average molecular weight is 414 g/mol. The lowest BCUT2D eigenvalue weighted by Gasteiger charge is -2.26. The Kier molecular flexibility index (Phi) is 8.11. The first-order valence-electron chi connectivity index (χ1n) is 7.24. The Balaban J connectivity index is 3.18. The van der Waals surface area contributed by atoms with Gasteiger partial charge in [-0.1, -0.05) is 42.3 Å². The van der Waals surface area contributed by atoms with Gasteiger partial charge in [-0.05, 0) is 17.7 Å². The number of ether oxygens (including phenoxy) is 1. The monoisotopic (exact) mass is 413 g/mol. The SMILES string of the molecule is CCC(=O)O[C@H](c1ccc(S(C)(=O)=O)cc1)[C@@H](CF)NC(=O)C(Cl)Cl. The number of hydrogen-bond donors (Lipinski definition) is 1. The zero-order chi connectivity index (χ0) is 19.2. The highest BCUT2D eigenvalue weighted by Gasteiger charge is 2.30. The molecule has 0 aromatic heterocycles. The van der Waals surface area contributed by atoms with E-state index in [-0.39, 0.29) is 11.3 Å². The average Bonchev–Trinajstić information content (AvgIpc) is 2.56. The van der Waals surface area contributed by atoms with E-state index in [0.29, 0.717) is 5.56 Å². The Morgan fingerprint density at radius 3 is 2.20 bits per heavy atom. The highest BCUT2D eigenvalue weighted by molar-refractivity contribution is 7.90. The third kappa shape index (κ3) is 6.45. The Bertz CT molecular complexity index is 709. The molecule has 10 heteroatoms. The lowest BCUT2D eigenvalue weighted by molar-refractivity contribution is -0.151. The summed E-state index contributed by atoms with van der Waals surface area (Å²) in [5, 5.41) is 2.27. The first-order chi connectivity index (χ1) is 11.6. The molecule has 0 heterocycles. The van der Waals surface area contributed by atoms with E-state index in [0.717, 1.165) is 6.26 Å². The van der Waals surface area contributed by atoms with Crippen molar-refractivity contribution >= 4 is 44.9 Å². The quantitative estimate of drug-likeness (QED) is 0.521. The minimum Gasteiger partial charge on any atom is -0.455 e. The number of esters is 1. The maximum absolute atomic E-state index is 13.5. The molecule has 1 N–H and O–H groups in total. The van der Waals surface area contributed by atoms with Crippen molar-refractivity contribution in [3.8, 4) is 0 Å². The summed E-state index contributed by atoms with van der Waals surface area (Å²) in [7, 11) is -3.42. The number of hydrogen-bond acceptors (Lipinski definition) is 5. The lowest BCUT2D eigenvalue weighted by atomic mass is 10.0. The number of amides is 1. The van der Waals surface area contributed by atoms with Gasteiger partial charge in [0, 0.05) is 12.7 Å². The molecule has 0 aliphatic carbocycles. The van der Waals surface area contributed by atoms with Crippen LogP contribution in [0.3, 0.4) is 0 Å². The molecule has 1 rings (SSSR count). The minimum absolute atomic E-state index is 0.0402. The van der Waals surface area contributed by atoms with Crippen molar-refractivity contribution in [2.24, 2.45) is 0 Å². The number of alkyl halides is 3. The van der Waals surface area contributed by atoms with Crippen molar-refractivity contribution in [2.45, 2.75) is 35.2 Å². The first-order valence-corrected chi connectivity index (χ1v) is 10.0. The molecule has 140 valence electrons. The summed E-state index contributed by atoms with van der Waals surface area (Å²) in [5.74, 6) is -1.45. The third-order valence-corrected chi connectivity index (χ3v) is 4.77. The number of rotatable bonds is 8. The van der Waals surface area contributed by atoms with Gasteiger partial charge in [0.15, 0.2) is 14.7 Å². The van der Waals surface area contributed by atoms with Crippen LogP contribution in [0, 0.1) is 0 Å². The van der Waals surface area contributed by atoms with Crippen LogP contribution in [0.5, 0.6) is 0 Å². The molecular formula is C15H18Cl2FNO5S. The predicted molar refractivity (Wildman–Crippen MR) is 92.1 cm³/mol. The van der Waals surface area contributed by atoms with E-state index in [1.165, 1.54) is 24.3 Å². The maximum atomic E-state index is 13.5. The fourth-order valence-electron chi connectivity index (χ4n) is 1.95. The third-order valence-electron chi connectivity index (χ3n) is 3.24. The van der Waals surface area contributed by atoms with E-state index in [1.54, 1.807) is 6.92 Å². The Hall–Kier alpha value is -1.38. The molecule has 0 bridgehead atoms. The van der Waals surface area contributed by atoms with E-state index >= 15 is 0 Å². The van der Waals surface area contributed by atoms with E-state index < -0.39 is 45.4 Å². The van der Waals surface area contributed by atoms with Crippen LogP contribution in [0.2, 0.25) is 0 Å². The van der Waals surface area contributed by atoms with Crippen LogP contribution in [0.15, 0.2) is 29.2 Å². The number of nitrogens with one attached hydrogen (secondary N) is 1. The van der Waals surface area contributed by atoms with Crippen LogP contribution in [0.25, 0.3) is 0 Å². The van der Waals surface area contributed by atoms with Crippen LogP contribution in [-0.4, -0.2) is 44.1 Å². The summed E-state index contributed by atoms with van der Waals surface area (Å²) in [5.41, 5.74) is 0.317. The topological polar surface area (TPSA) is 89.5 Å². The van der Waals surface area contributed by atoms with Gasteiger partial charge in [-0.2, -0.15) is 0 Å². The second-order valence-corrected chi connectivity index (χ2v) is 8.29. The van der Waals surface area contributed by atoms with E-state index in [1.807, 2.05) is 0 Å². The van der Waals surface area contributed by atoms with Gasteiger partial charge in [-0.25, -0.2) is 12.8 Å². The highest BCUT2D eigenvalue weighted by atomic mass is 35.5. The summed E-state index contributed by atoms with van der Waals surface area (Å²) in [6, 6.07) is 4.16. The molecule has 25 heavy (non-hydrogen) atoms. The van der Waals surface area contributed by atoms with Gasteiger partial charge in [0.05, 0.1) is 10.9 Å². The van der Waals surface area contributed by atoms with E-state index in [4.69, 9.17) is 27.9 Å². The molecule has 6 nitrogen and oxygen atoms in total. The van der Waals surface area contributed by atoms with Gasteiger partial charge >= 0.3 is 5.97 Å². The van der Waals surface area contributed by atoms with Crippen molar-refractivity contribution in [3.63, 3.8) is 0 Å². The van der Waals surface area contributed by atoms with Crippen LogP contribution in [-0.2, 0) is 24.2 Å². The summed E-state index contributed by atoms with van der Waals surface area (Å²) in [6.45, 7) is 0.504. The standard InChI is InChI=1S/C15H18Cl2FNO5S/c1-3-12(20)24-13(11(8-18)19-15(21)14(16)17)9-4-6-10(7-5-9)25(2,22)23/h4-7,11,13-14H,3,8H2,1-2H3,(H,19,21)/t11-,13-/m1/s1. The lowest BCUT2D eigenvalue weighted by Crippen LogP contribution is -2.44. The smallest absolute Gasteiger partial charge is 0.306 e. The largest absolute Gasteiger partial charge is 0.455 e. The van der Waals surface area contributed by atoms with Crippen LogP contribution < -0.4 is 5.32 Å². The second-order valence-electron chi connectivity index (χ2n) is 5.18. The molecule has 0 spiro atoms. The van der Waals surface area contributed by atoms with Crippen LogP contribution in [0.1, 0.15) is 25.0 Å². The number of halogens is 3. The summed E-state index contributed by atoms with van der Waals surface area (Å²) in [4.78, 5) is 21.9. The molecule has 1 amide bonds. The molecule has 1 aromatic rings. The molecule has 0 aliphatic heterocycles. The predicted octanol–water partition coefficient (Wildman–Crippen LogP) is 2.34. The van der Waals surface area contributed by atoms with Crippen molar-refractivity contribution in [2.75, 3.05) is 12.9 Å². The van der Waals surface area contributed by atoms with Gasteiger partial charge in [-0.15, -0.1) is 0 Å². The molecule has 0 saturated heterocycles. The molecule has 0 saturated carbocycles. The van der Waals surface area contributed by atoms with Gasteiger partial charge < -0.3 is 10.1 Å². The zero-order valence-electron chi connectivity index (χ0n) is 13.5. The van der Waals surface area contributed by atoms with E-state index in [9.17, 15) is 22.4 Å². The maximum Gasteiger partial charge on any atom is 0.306 e. The Morgan fingerprint density at radius 2 is 1.80 bits per heavy atom. The van der Waals surface area contributed by atoms with Crippen LogP contribution in [0.4, 0.5) is 4.39 Å². The minimum atomic E-state index is -3.42. The van der Waals surface area contributed by atoms with Crippen molar-refractivity contribution < 1.29 is 27.1 Å². The Labute approximate surface area is 155 Å². The number of benzene rings is 1. The summed E-state index contributed by atoms with van der Waals surface area (Å²) >= 11 is 10.9. The van der Waals surface area contributed by atoms with Gasteiger partial charge in [0.2, 0.25) is 0 Å². The molecule has 0 radical (unpaired) electrons. The number of sulfone groups is 1. The molecular weight excluding hydrogens is 396 g/mol. The van der Waals surface area contributed by atoms with Gasteiger partial charge in [-0.3, -0.25) is 9.59 Å². The summed E-state index contributed by atoms with van der Waals surface area (Å²) in [6.07, 6.45) is -0.0806. The van der Waals surface area contributed by atoms with Crippen molar-refractivity contribution in [1.82, 2.24) is 5.32 Å². The van der Waals surface area contributed by atoms with Gasteiger partial charge in [0.25, 0.3) is 5.91 Å². The molecule has 0 unspecified atom stereocenters. The first kappa shape index (κ1) is 21.7. The van der Waals surface area contributed by atoms with Gasteiger partial charge in [0.1, 0.15) is 12.8 Å². The molecule has 2 atom stereocenters. The second kappa shape index (κ2) is 9.35. The fraction of sp³-hybridized carbons (Fsp3) is 0.467. The highest BCUT2D eigenvalue weighted by Crippen LogP contribution is 2.25. The Morgan fingerprint density at radius 1 is 1.24 bits per heavy atom. The number of carbonyl (C=O) groups excluding carboxylic acids is 2. The van der Waals surface area contributed by atoms with Crippen molar-refractivity contribution in [3.05, 3.63) is 29.8 Å². The zero-order valence-corrected chi connectivity index (χ0v) is 15.9. The molecule has 1 aromatic carbocycles. The fourth-order valence-corrected chi connectivity index (χ4v) is 2.71. The molecule has 0 aliphatic rings. The van der Waals surface area contributed by atoms with E-state index in [2.05, 4.69) is 5.32 Å². The molecule has 0 fully saturated rings. The summed E-state index contributed by atoms with van der Waals surface area (Å²) < 4.78 is 41.7. The van der Waals surface area contributed by atoms with Crippen LogP contribution >= 0.6 is 23.2 Å². The normalized spacial score (nSPS) is 14.0.